The van der Waals surface area contributed by atoms with Crippen molar-refractivity contribution < 1.29 is 9.18 Å². The van der Waals surface area contributed by atoms with Gasteiger partial charge in [-0.15, -0.1) is 0 Å². The molecule has 7 heteroatoms. The molecule has 0 aliphatic carbocycles. The molecule has 3 N–H and O–H groups in total. The van der Waals surface area contributed by atoms with Crippen LogP contribution in [0.4, 0.5) is 15.2 Å². The lowest BCUT2D eigenvalue weighted by atomic mass is 10.2. The second-order valence-corrected chi connectivity index (χ2v) is 5.78. The van der Waals surface area contributed by atoms with Crippen molar-refractivity contribution >= 4 is 49.9 Å². The topological polar surface area (TPSA) is 68.0 Å². The van der Waals surface area contributed by atoms with Crippen LogP contribution in [0.1, 0.15) is 10.4 Å². The molecule has 106 valence electrons. The zero-order valence-corrected chi connectivity index (χ0v) is 12.1. The molecule has 1 aromatic heterocycles. The van der Waals surface area contributed by atoms with Crippen LogP contribution in [0.25, 0.3) is 10.2 Å². The van der Waals surface area contributed by atoms with Gasteiger partial charge in [-0.05, 0) is 36.4 Å². The second-order valence-electron chi connectivity index (χ2n) is 4.31. The van der Waals surface area contributed by atoms with Gasteiger partial charge in [-0.2, -0.15) is 0 Å². The third-order valence-corrected chi connectivity index (χ3v) is 4.02. The number of benzene rings is 2. The first kappa shape index (κ1) is 13.8. The molecule has 21 heavy (non-hydrogen) atoms. The van der Waals surface area contributed by atoms with E-state index in [1.807, 2.05) is 0 Å². The molecular formula is C14H9ClFN3OS. The number of halogens is 2. The molecule has 1 amide bonds. The first-order valence-electron chi connectivity index (χ1n) is 5.95. The zero-order chi connectivity index (χ0) is 15.0. The van der Waals surface area contributed by atoms with Gasteiger partial charge in [0.25, 0.3) is 5.91 Å². The molecule has 0 spiro atoms. The van der Waals surface area contributed by atoms with Crippen LogP contribution in [0.5, 0.6) is 0 Å². The van der Waals surface area contributed by atoms with Crippen LogP contribution in [-0.2, 0) is 0 Å². The van der Waals surface area contributed by atoms with E-state index in [1.54, 1.807) is 18.2 Å². The van der Waals surface area contributed by atoms with Crippen LogP contribution < -0.4 is 11.1 Å². The number of fused-ring (bicyclic) bond motifs is 1. The highest BCUT2D eigenvalue weighted by Gasteiger charge is 2.11. The number of rotatable bonds is 2. The smallest absolute Gasteiger partial charge is 0.255 e. The van der Waals surface area contributed by atoms with Crippen LogP contribution >= 0.6 is 22.9 Å². The number of thiazole rings is 1. The highest BCUT2D eigenvalue weighted by atomic mass is 35.5. The Morgan fingerprint density at radius 3 is 2.90 bits per heavy atom. The van der Waals surface area contributed by atoms with Crippen LogP contribution in [0.3, 0.4) is 0 Å². The van der Waals surface area contributed by atoms with Crippen molar-refractivity contribution in [2.24, 2.45) is 0 Å². The molecule has 0 saturated carbocycles. The number of nitrogens with zero attached hydrogens (tertiary/aromatic N) is 1. The average molecular weight is 322 g/mol. The number of nitrogen functional groups attached to an aromatic ring is 1. The van der Waals surface area contributed by atoms with Crippen LogP contribution in [0.15, 0.2) is 36.4 Å². The summed E-state index contributed by atoms with van der Waals surface area (Å²) in [6.07, 6.45) is 0. The summed E-state index contributed by atoms with van der Waals surface area (Å²) < 4.78 is 14.0. The predicted octanol–water partition coefficient (Wildman–Crippen LogP) is 3.92. The predicted molar refractivity (Wildman–Crippen MR) is 83.4 cm³/mol. The number of nitrogens with one attached hydrogen (secondary N) is 1. The zero-order valence-electron chi connectivity index (χ0n) is 10.6. The summed E-state index contributed by atoms with van der Waals surface area (Å²) >= 11 is 7.22. The Morgan fingerprint density at radius 2 is 2.10 bits per heavy atom. The summed E-state index contributed by atoms with van der Waals surface area (Å²) in [6.45, 7) is 0. The molecule has 0 fully saturated rings. The van der Waals surface area contributed by atoms with E-state index in [1.165, 1.54) is 29.5 Å². The van der Waals surface area contributed by atoms with Gasteiger partial charge in [-0.3, -0.25) is 4.79 Å². The molecule has 2 aromatic carbocycles. The molecular weight excluding hydrogens is 313 g/mol. The third-order valence-electron chi connectivity index (χ3n) is 2.84. The van der Waals surface area contributed by atoms with Crippen LogP contribution in [0.2, 0.25) is 5.02 Å². The number of nitrogens with two attached hydrogens (primary N) is 1. The molecule has 0 radical (unpaired) electrons. The molecule has 3 aromatic rings. The molecule has 0 saturated heterocycles. The number of anilines is 2. The Hall–Kier alpha value is -2.18. The second kappa shape index (κ2) is 5.31. The van der Waals surface area contributed by atoms with Crippen LogP contribution in [-0.4, -0.2) is 10.9 Å². The van der Waals surface area contributed by atoms with E-state index >= 15 is 0 Å². The molecule has 1 heterocycles. The molecule has 0 aliphatic heterocycles. The maximum Gasteiger partial charge on any atom is 0.255 e. The lowest BCUT2D eigenvalue weighted by molar-refractivity contribution is 0.102. The Labute approximate surface area is 128 Å². The lowest BCUT2D eigenvalue weighted by Gasteiger charge is -2.07. The van der Waals surface area contributed by atoms with Gasteiger partial charge in [0.05, 0.1) is 20.9 Å². The summed E-state index contributed by atoms with van der Waals surface area (Å²) in [5.74, 6) is -0.850. The van der Waals surface area contributed by atoms with E-state index in [-0.39, 0.29) is 16.6 Å². The maximum atomic E-state index is 13.2. The van der Waals surface area contributed by atoms with Crippen molar-refractivity contribution in [3.05, 3.63) is 52.8 Å². The van der Waals surface area contributed by atoms with Gasteiger partial charge in [0, 0.05) is 5.56 Å². The average Bonchev–Trinajstić information content (AvgIpc) is 2.81. The Kier molecular flexibility index (Phi) is 3.48. The van der Waals surface area contributed by atoms with Crippen molar-refractivity contribution in [2.45, 2.75) is 0 Å². The van der Waals surface area contributed by atoms with Crippen molar-refractivity contribution in [2.75, 3.05) is 11.1 Å². The van der Waals surface area contributed by atoms with Gasteiger partial charge in [-0.1, -0.05) is 22.9 Å². The van der Waals surface area contributed by atoms with E-state index < -0.39 is 5.82 Å². The number of aromatic nitrogens is 1. The number of carbonyl (C=O) groups is 1. The first-order valence-corrected chi connectivity index (χ1v) is 7.15. The SMILES string of the molecule is Nc1nc2ccc(C(=O)Nc3cc(F)ccc3Cl)cc2s1. The molecule has 0 atom stereocenters. The van der Waals surface area contributed by atoms with Crippen LogP contribution in [0, 0.1) is 5.82 Å². The summed E-state index contributed by atoms with van der Waals surface area (Å²) in [7, 11) is 0. The van der Waals surface area contributed by atoms with Gasteiger partial charge in [0.15, 0.2) is 5.13 Å². The molecule has 0 bridgehead atoms. The van der Waals surface area contributed by atoms with E-state index in [0.717, 1.165) is 10.2 Å². The van der Waals surface area contributed by atoms with Gasteiger partial charge >= 0.3 is 0 Å². The fourth-order valence-corrected chi connectivity index (χ4v) is 2.81. The number of amides is 1. The van der Waals surface area contributed by atoms with E-state index in [4.69, 9.17) is 17.3 Å². The van der Waals surface area contributed by atoms with E-state index in [2.05, 4.69) is 10.3 Å². The Balaban J connectivity index is 1.91. The van der Waals surface area contributed by atoms with Crippen molar-refractivity contribution in [3.63, 3.8) is 0 Å². The summed E-state index contributed by atoms with van der Waals surface area (Å²) in [6, 6.07) is 8.81. The van der Waals surface area contributed by atoms with E-state index in [0.29, 0.717) is 10.7 Å². The largest absolute Gasteiger partial charge is 0.375 e. The fourth-order valence-electron chi connectivity index (χ4n) is 1.87. The normalized spacial score (nSPS) is 10.8. The van der Waals surface area contributed by atoms with Crippen molar-refractivity contribution in [1.29, 1.82) is 0 Å². The molecule has 0 aliphatic rings. The summed E-state index contributed by atoms with van der Waals surface area (Å²) in [5.41, 5.74) is 7.01. The summed E-state index contributed by atoms with van der Waals surface area (Å²) in [5, 5.41) is 3.29. The summed E-state index contributed by atoms with van der Waals surface area (Å²) in [4.78, 5) is 16.3. The fraction of sp³-hybridized carbons (Fsp3) is 0. The quantitative estimate of drug-likeness (QED) is 0.751. The number of carbonyl (C=O) groups excluding carboxylic acids is 1. The minimum atomic E-state index is -0.472. The molecule has 4 nitrogen and oxygen atoms in total. The maximum absolute atomic E-state index is 13.2. The standard InChI is InChI=1S/C14H9ClFN3OS/c15-9-3-2-8(16)6-11(9)18-13(20)7-1-4-10-12(5-7)21-14(17)19-10/h1-6H,(H2,17,19)(H,18,20). The van der Waals surface area contributed by atoms with Crippen molar-refractivity contribution in [3.8, 4) is 0 Å². The molecule has 3 rings (SSSR count). The molecule has 0 unspecified atom stereocenters. The minimum Gasteiger partial charge on any atom is -0.375 e. The van der Waals surface area contributed by atoms with Gasteiger partial charge in [0.2, 0.25) is 0 Å². The van der Waals surface area contributed by atoms with Gasteiger partial charge in [0.1, 0.15) is 5.82 Å². The van der Waals surface area contributed by atoms with E-state index in [9.17, 15) is 9.18 Å². The Morgan fingerprint density at radius 1 is 1.29 bits per heavy atom. The monoisotopic (exact) mass is 321 g/mol. The van der Waals surface area contributed by atoms with Gasteiger partial charge in [-0.25, -0.2) is 9.37 Å². The third kappa shape index (κ3) is 2.81. The first-order chi connectivity index (χ1) is 10.0. The highest BCUT2D eigenvalue weighted by Crippen LogP contribution is 2.26. The highest BCUT2D eigenvalue weighted by molar-refractivity contribution is 7.22. The Bertz CT molecular complexity index is 849. The lowest BCUT2D eigenvalue weighted by Crippen LogP contribution is -2.12. The van der Waals surface area contributed by atoms with Crippen molar-refractivity contribution in [1.82, 2.24) is 4.98 Å². The number of hydrogen-bond donors (Lipinski definition) is 2. The minimum absolute atomic E-state index is 0.227. The number of hydrogen-bond acceptors (Lipinski definition) is 4. The van der Waals surface area contributed by atoms with Gasteiger partial charge < -0.3 is 11.1 Å².